The molecule has 9 aromatic carbocycles. The van der Waals surface area contributed by atoms with Gasteiger partial charge >= 0.3 is 0 Å². The molecule has 4 heterocycles. The molecule has 2 atom stereocenters. The van der Waals surface area contributed by atoms with E-state index in [0.717, 1.165) is 33.2 Å². The highest BCUT2D eigenvalue weighted by molar-refractivity contribution is 7.55. The van der Waals surface area contributed by atoms with E-state index in [-0.39, 0.29) is 0 Å². The van der Waals surface area contributed by atoms with Crippen LogP contribution in [0.5, 0.6) is 0 Å². The molecule has 0 aliphatic carbocycles. The van der Waals surface area contributed by atoms with Gasteiger partial charge in [-0.2, -0.15) is 9.12 Å². The summed E-state index contributed by atoms with van der Waals surface area (Å²) in [5.41, 5.74) is 18.5. The molecule has 345 valence electrons. The fraction of sp³-hybridized carbons (Fsp3) is 0.0625. The van der Waals surface area contributed by atoms with E-state index >= 15 is 0 Å². The fourth-order valence-electron chi connectivity index (χ4n) is 9.95. The average molecular weight is 962 g/mol. The lowest BCUT2D eigenvalue weighted by atomic mass is 9.95. The Labute approximate surface area is 428 Å². The molecular formula is C64H53B2N4P2. The van der Waals surface area contributed by atoms with E-state index in [4.69, 9.17) is 17.8 Å². The average Bonchev–Trinajstić information content (AvgIpc) is 3.95. The topological polar surface area (TPSA) is 35.6 Å². The Morgan fingerprint density at radius 1 is 0.389 bits per heavy atom. The number of benzene rings is 9. The van der Waals surface area contributed by atoms with Crippen molar-refractivity contribution in [3.8, 4) is 44.8 Å². The Hall–Kier alpha value is -7.61. The van der Waals surface area contributed by atoms with Crippen molar-refractivity contribution < 1.29 is 0 Å². The molecule has 0 spiro atoms. The van der Waals surface area contributed by atoms with Crippen LogP contribution in [0, 0.1) is 13.8 Å². The largest absolute Gasteiger partial charge is 0.309 e. The third-order valence-electron chi connectivity index (χ3n) is 12.9. The van der Waals surface area contributed by atoms with Crippen LogP contribution in [0.25, 0.3) is 110 Å². The van der Waals surface area contributed by atoms with E-state index in [9.17, 15) is 0 Å². The molecule has 0 aliphatic rings. The van der Waals surface area contributed by atoms with E-state index in [1.54, 1.807) is 0 Å². The minimum atomic E-state index is 0.667. The zero-order chi connectivity index (χ0) is 49.6. The highest BCUT2D eigenvalue weighted by atomic mass is 31.0. The van der Waals surface area contributed by atoms with Crippen LogP contribution < -0.4 is 0 Å². The lowest BCUT2D eigenvalue weighted by Crippen LogP contribution is -1.94. The monoisotopic (exact) mass is 961 g/mol. The summed E-state index contributed by atoms with van der Waals surface area (Å²) in [7, 11) is 9.62. The molecule has 0 aliphatic heterocycles. The first-order chi connectivity index (χ1) is 35.4. The van der Waals surface area contributed by atoms with Crippen LogP contribution in [0.3, 0.4) is 0 Å². The van der Waals surface area contributed by atoms with Gasteiger partial charge in [-0.05, 0) is 108 Å². The second-order valence-electron chi connectivity index (χ2n) is 17.6. The first-order valence-corrected chi connectivity index (χ1v) is 25.8. The molecule has 0 bridgehead atoms. The van der Waals surface area contributed by atoms with Gasteiger partial charge in [0.2, 0.25) is 0 Å². The van der Waals surface area contributed by atoms with Gasteiger partial charge in [0.1, 0.15) is 7.00 Å². The van der Waals surface area contributed by atoms with E-state index in [1.807, 2.05) is 26.0 Å². The molecule has 2 unspecified atom stereocenters. The maximum absolute atomic E-state index is 4.90. The number of para-hydroxylation sites is 4. The molecular weight excluding hydrogens is 908 g/mol. The van der Waals surface area contributed by atoms with Gasteiger partial charge in [-0.15, -0.1) is 9.24 Å². The molecule has 0 amide bonds. The zero-order valence-corrected chi connectivity index (χ0v) is 43.1. The SMILES string of the molecule is C[B]P.Cc1cc(-c2ccccc2)c2ccc3c(-c4ccccc4)cc(C)nc3c2n1.[B]CP.c1ccc2c(c1)c1ccccc1n2-c1ccc(-c2ccc(-n3c4ccccc4c4ccccc43)cc2)cc1. The molecule has 8 heteroatoms. The minimum Gasteiger partial charge on any atom is -0.309 e. The third kappa shape index (κ3) is 9.49. The highest BCUT2D eigenvalue weighted by Gasteiger charge is 2.16. The number of nitrogens with zero attached hydrogens (tertiary/aromatic N) is 4. The van der Waals surface area contributed by atoms with Crippen molar-refractivity contribution in [1.29, 1.82) is 0 Å². The van der Waals surface area contributed by atoms with Crippen molar-refractivity contribution >= 4 is 98.6 Å². The van der Waals surface area contributed by atoms with Gasteiger partial charge in [-0.1, -0.05) is 183 Å². The van der Waals surface area contributed by atoms with Crippen LogP contribution >= 0.6 is 18.4 Å². The van der Waals surface area contributed by atoms with Gasteiger partial charge in [0.15, 0.2) is 0 Å². The lowest BCUT2D eigenvalue weighted by molar-refractivity contribution is 1.18. The lowest BCUT2D eigenvalue weighted by Gasteiger charge is -2.13. The number of aryl methyl sites for hydroxylation is 2. The van der Waals surface area contributed by atoms with Crippen molar-refractivity contribution in [2.75, 3.05) is 6.06 Å². The third-order valence-corrected chi connectivity index (χ3v) is 12.9. The number of hydrogen-bond acceptors (Lipinski definition) is 2. The highest BCUT2D eigenvalue weighted by Crippen LogP contribution is 2.38. The van der Waals surface area contributed by atoms with Gasteiger partial charge in [0.25, 0.3) is 0 Å². The Kier molecular flexibility index (Phi) is 14.5. The summed E-state index contributed by atoms with van der Waals surface area (Å²) in [4.78, 5) is 9.81. The predicted molar refractivity (Wildman–Crippen MR) is 320 cm³/mol. The molecule has 3 radical (unpaired) electrons. The van der Waals surface area contributed by atoms with Gasteiger partial charge < -0.3 is 9.13 Å². The summed E-state index contributed by atoms with van der Waals surface area (Å²) in [6.45, 7) is 7.99. The minimum absolute atomic E-state index is 0.667. The van der Waals surface area contributed by atoms with Crippen LogP contribution in [-0.2, 0) is 0 Å². The van der Waals surface area contributed by atoms with Crippen molar-refractivity contribution in [2.45, 2.75) is 20.7 Å². The predicted octanol–water partition coefficient (Wildman–Crippen LogP) is 16.8. The molecule has 72 heavy (non-hydrogen) atoms. The van der Waals surface area contributed by atoms with Gasteiger partial charge in [-0.3, -0.25) is 9.97 Å². The number of hydrogen-bond donors (Lipinski definition) is 0. The van der Waals surface area contributed by atoms with E-state index < -0.39 is 0 Å². The van der Waals surface area contributed by atoms with Gasteiger partial charge in [0.05, 0.1) is 40.9 Å². The Morgan fingerprint density at radius 2 is 0.667 bits per heavy atom. The fourth-order valence-corrected chi connectivity index (χ4v) is 9.95. The quantitative estimate of drug-likeness (QED) is 0.0979. The van der Waals surface area contributed by atoms with Crippen molar-refractivity contribution in [3.05, 3.63) is 242 Å². The molecule has 0 saturated heterocycles. The summed E-state index contributed by atoms with van der Waals surface area (Å²) >= 11 is 0. The molecule has 0 N–H and O–H groups in total. The molecule has 0 fully saturated rings. The molecule has 13 aromatic rings. The summed E-state index contributed by atoms with van der Waals surface area (Å²) in [5.74, 6) is 0. The summed E-state index contributed by atoms with van der Waals surface area (Å²) in [6, 6.07) is 82.8. The first-order valence-electron chi connectivity index (χ1n) is 24.3. The zero-order valence-electron chi connectivity index (χ0n) is 40.7. The van der Waals surface area contributed by atoms with E-state index in [0.29, 0.717) is 6.06 Å². The first kappa shape index (κ1) is 48.0. The Morgan fingerprint density at radius 3 is 0.972 bits per heavy atom. The van der Waals surface area contributed by atoms with Gasteiger partial charge in [0, 0.05) is 55.1 Å². The summed E-state index contributed by atoms with van der Waals surface area (Å²) in [6.07, 6.45) is 0. The van der Waals surface area contributed by atoms with Crippen LogP contribution in [0.15, 0.2) is 231 Å². The summed E-state index contributed by atoms with van der Waals surface area (Å²) in [5, 5.41) is 7.42. The normalized spacial score (nSPS) is 11.0. The molecule has 0 saturated carbocycles. The Bertz CT molecular complexity index is 3620. The second-order valence-corrected chi connectivity index (χ2v) is 18.8. The van der Waals surface area contributed by atoms with Crippen LogP contribution in [0.4, 0.5) is 0 Å². The smallest absolute Gasteiger partial charge is 0.134 e. The second kappa shape index (κ2) is 21.8. The molecule has 4 aromatic heterocycles. The molecule has 4 nitrogen and oxygen atoms in total. The van der Waals surface area contributed by atoms with E-state index in [1.165, 1.54) is 88.4 Å². The Balaban J connectivity index is 0.000000155. The molecule has 13 rings (SSSR count). The van der Waals surface area contributed by atoms with Gasteiger partial charge in [-0.25, -0.2) is 0 Å². The van der Waals surface area contributed by atoms with Crippen LogP contribution in [-0.4, -0.2) is 40.0 Å². The van der Waals surface area contributed by atoms with Crippen molar-refractivity contribution in [2.24, 2.45) is 0 Å². The number of pyridine rings is 2. The number of fused-ring (bicyclic) bond motifs is 9. The maximum Gasteiger partial charge on any atom is 0.134 e. The maximum atomic E-state index is 4.90. The summed E-state index contributed by atoms with van der Waals surface area (Å²) < 4.78 is 4.72. The number of aromatic nitrogens is 4. The van der Waals surface area contributed by atoms with E-state index in [2.05, 4.69) is 260 Å². The standard InChI is InChI=1S/C36H24N2.C26H20N2.CH5BP.CH4BP/c1-5-13-33-29(9-1)30-10-2-6-14-34(30)37(33)27-21-17-25(18-22-27)26-19-23-28(24-20-26)38-35-15-7-3-11-31(35)32-12-4-8-16-36(32)38;1-17-15-23(19-9-5-3-6-10-19)21-13-14-22-24(20-11-7-4-8-12-20)16-18(2)28-26(22)25(21)27-17;1-2-3;2-1-3/h1-24H;3-16H,1-2H3;3H2,1H3;1,3H2. The number of rotatable bonds is 5. The van der Waals surface area contributed by atoms with Crippen molar-refractivity contribution in [3.63, 3.8) is 0 Å². The van der Waals surface area contributed by atoms with Crippen molar-refractivity contribution in [1.82, 2.24) is 19.1 Å². The van der Waals surface area contributed by atoms with Crippen LogP contribution in [0.1, 0.15) is 11.4 Å². The van der Waals surface area contributed by atoms with Crippen LogP contribution in [0.2, 0.25) is 6.82 Å².